The van der Waals surface area contributed by atoms with Crippen molar-refractivity contribution in [2.45, 2.75) is 36.5 Å². The standard InChI is InChI=1S/C26H21N3S2/c1-3-9-17(10-4-1)15-30-26-24-23(27-16-28-26)21-19-13-7-8-14-20(19)22(29-25(21)31-24)18-11-5-2-6-12-18/h1-6,9-12,16H,7-8,13-15H2. The second-order valence-electron chi connectivity index (χ2n) is 7.90. The summed E-state index contributed by atoms with van der Waals surface area (Å²) in [5, 5.41) is 2.32. The molecule has 2 aromatic carbocycles. The topological polar surface area (TPSA) is 38.7 Å². The van der Waals surface area contributed by atoms with Crippen LogP contribution in [-0.4, -0.2) is 15.0 Å². The number of fused-ring (bicyclic) bond motifs is 5. The molecule has 0 unspecified atom stereocenters. The first-order valence-electron chi connectivity index (χ1n) is 10.7. The van der Waals surface area contributed by atoms with Gasteiger partial charge in [-0.3, -0.25) is 0 Å². The van der Waals surface area contributed by atoms with E-state index in [-0.39, 0.29) is 0 Å². The third-order valence-electron chi connectivity index (χ3n) is 5.95. The Kier molecular flexibility index (Phi) is 4.93. The number of thioether (sulfide) groups is 1. The van der Waals surface area contributed by atoms with Gasteiger partial charge in [0, 0.05) is 16.7 Å². The van der Waals surface area contributed by atoms with Crippen LogP contribution in [0.4, 0.5) is 0 Å². The highest BCUT2D eigenvalue weighted by atomic mass is 32.2. The highest BCUT2D eigenvalue weighted by Gasteiger charge is 2.23. The number of pyridine rings is 1. The summed E-state index contributed by atoms with van der Waals surface area (Å²) in [6, 6.07) is 21.2. The summed E-state index contributed by atoms with van der Waals surface area (Å²) < 4.78 is 1.17. The Morgan fingerprint density at radius 3 is 2.39 bits per heavy atom. The highest BCUT2D eigenvalue weighted by molar-refractivity contribution is 7.98. The molecular weight excluding hydrogens is 418 g/mol. The van der Waals surface area contributed by atoms with Crippen LogP contribution in [0.1, 0.15) is 29.5 Å². The van der Waals surface area contributed by atoms with E-state index in [1.807, 2.05) is 0 Å². The largest absolute Gasteiger partial charge is 0.236 e. The molecule has 0 bridgehead atoms. The van der Waals surface area contributed by atoms with Crippen molar-refractivity contribution in [3.05, 3.63) is 83.7 Å². The third kappa shape index (κ3) is 3.42. The number of aromatic nitrogens is 3. The van der Waals surface area contributed by atoms with Crippen LogP contribution in [0.5, 0.6) is 0 Å². The molecule has 6 rings (SSSR count). The molecule has 152 valence electrons. The van der Waals surface area contributed by atoms with Crippen LogP contribution in [0.3, 0.4) is 0 Å². The fraction of sp³-hybridized carbons (Fsp3) is 0.192. The zero-order valence-electron chi connectivity index (χ0n) is 17.0. The molecule has 3 nitrogen and oxygen atoms in total. The van der Waals surface area contributed by atoms with E-state index in [1.54, 1.807) is 29.4 Å². The molecule has 0 aliphatic heterocycles. The number of benzene rings is 2. The van der Waals surface area contributed by atoms with Gasteiger partial charge in [-0.25, -0.2) is 15.0 Å². The summed E-state index contributed by atoms with van der Waals surface area (Å²) in [6.45, 7) is 0. The molecule has 0 amide bonds. The number of thiophene rings is 1. The van der Waals surface area contributed by atoms with Crippen LogP contribution >= 0.6 is 23.1 Å². The second-order valence-corrected chi connectivity index (χ2v) is 9.87. The van der Waals surface area contributed by atoms with Gasteiger partial charge >= 0.3 is 0 Å². The fourth-order valence-corrected chi connectivity index (χ4v) is 6.69. The van der Waals surface area contributed by atoms with E-state index in [0.29, 0.717) is 0 Å². The predicted octanol–water partition coefficient (Wildman–Crippen LogP) is 7.08. The van der Waals surface area contributed by atoms with Gasteiger partial charge in [0.1, 0.15) is 16.2 Å². The smallest absolute Gasteiger partial charge is 0.127 e. The molecule has 5 heteroatoms. The van der Waals surface area contributed by atoms with Gasteiger partial charge in [-0.15, -0.1) is 23.1 Å². The maximum absolute atomic E-state index is 5.20. The summed E-state index contributed by atoms with van der Waals surface area (Å²) in [7, 11) is 0. The summed E-state index contributed by atoms with van der Waals surface area (Å²) in [4.78, 5) is 15.7. The number of aryl methyl sites for hydroxylation is 1. The lowest BCUT2D eigenvalue weighted by Crippen LogP contribution is -2.07. The normalized spacial score (nSPS) is 13.5. The first-order valence-corrected chi connectivity index (χ1v) is 12.5. The molecule has 1 aliphatic carbocycles. The van der Waals surface area contributed by atoms with Gasteiger partial charge in [0.15, 0.2) is 0 Å². The van der Waals surface area contributed by atoms with Crippen molar-refractivity contribution in [2.75, 3.05) is 0 Å². The van der Waals surface area contributed by atoms with E-state index in [9.17, 15) is 0 Å². The van der Waals surface area contributed by atoms with Crippen LogP contribution in [-0.2, 0) is 18.6 Å². The maximum Gasteiger partial charge on any atom is 0.127 e. The molecule has 0 spiro atoms. The van der Waals surface area contributed by atoms with Gasteiger partial charge in [0.2, 0.25) is 0 Å². The van der Waals surface area contributed by atoms with Gasteiger partial charge in [-0.2, -0.15) is 0 Å². The first kappa shape index (κ1) is 19.0. The Morgan fingerprint density at radius 1 is 0.839 bits per heavy atom. The molecule has 0 saturated carbocycles. The maximum atomic E-state index is 5.20. The highest BCUT2D eigenvalue weighted by Crippen LogP contribution is 2.43. The van der Waals surface area contributed by atoms with Gasteiger partial charge in [0.05, 0.1) is 15.9 Å². The van der Waals surface area contributed by atoms with Crippen molar-refractivity contribution in [2.24, 2.45) is 0 Å². The summed E-state index contributed by atoms with van der Waals surface area (Å²) in [6.07, 6.45) is 6.40. The molecule has 0 atom stereocenters. The molecule has 0 fully saturated rings. The van der Waals surface area contributed by atoms with Crippen molar-refractivity contribution >= 4 is 43.5 Å². The van der Waals surface area contributed by atoms with Gasteiger partial charge < -0.3 is 0 Å². The van der Waals surface area contributed by atoms with E-state index < -0.39 is 0 Å². The molecular formula is C26H21N3S2. The lowest BCUT2D eigenvalue weighted by Gasteiger charge is -2.20. The van der Waals surface area contributed by atoms with E-state index >= 15 is 0 Å². The van der Waals surface area contributed by atoms with Crippen LogP contribution in [0.2, 0.25) is 0 Å². The SMILES string of the molecule is c1ccc(CSc2ncnc3c2sc2nc(-c4ccccc4)c4c(c23)CCCC4)cc1. The molecule has 3 heterocycles. The Labute approximate surface area is 189 Å². The van der Waals surface area contributed by atoms with Crippen molar-refractivity contribution < 1.29 is 0 Å². The lowest BCUT2D eigenvalue weighted by atomic mass is 9.87. The minimum atomic E-state index is 0.905. The molecule has 1 aliphatic rings. The minimum absolute atomic E-state index is 0.905. The number of nitrogens with zero attached hydrogens (tertiary/aromatic N) is 3. The summed E-state index contributed by atoms with van der Waals surface area (Å²) in [5.41, 5.74) is 7.63. The predicted molar refractivity (Wildman–Crippen MR) is 131 cm³/mol. The third-order valence-corrected chi connectivity index (χ3v) is 8.22. The number of hydrogen-bond acceptors (Lipinski definition) is 5. The van der Waals surface area contributed by atoms with Gasteiger partial charge in [0.25, 0.3) is 0 Å². The van der Waals surface area contributed by atoms with Crippen LogP contribution < -0.4 is 0 Å². The van der Waals surface area contributed by atoms with E-state index in [1.165, 1.54) is 45.2 Å². The van der Waals surface area contributed by atoms with E-state index in [0.717, 1.165) is 39.7 Å². The Bertz CT molecular complexity index is 1380. The summed E-state index contributed by atoms with van der Waals surface area (Å²) >= 11 is 3.54. The number of hydrogen-bond donors (Lipinski definition) is 0. The van der Waals surface area contributed by atoms with Crippen LogP contribution in [0.15, 0.2) is 72.0 Å². The van der Waals surface area contributed by atoms with Crippen molar-refractivity contribution in [3.8, 4) is 11.3 Å². The average Bonchev–Trinajstić information content (AvgIpc) is 3.23. The zero-order valence-corrected chi connectivity index (χ0v) is 18.7. The van der Waals surface area contributed by atoms with E-state index in [2.05, 4.69) is 65.6 Å². The fourth-order valence-electron chi connectivity index (χ4n) is 4.50. The van der Waals surface area contributed by atoms with Crippen LogP contribution in [0, 0.1) is 0 Å². The van der Waals surface area contributed by atoms with Gasteiger partial charge in [-0.1, -0.05) is 60.7 Å². The average molecular weight is 440 g/mol. The Hall–Kier alpha value is -2.76. The first-order chi connectivity index (χ1) is 15.4. The molecule has 0 radical (unpaired) electrons. The monoisotopic (exact) mass is 439 g/mol. The molecule has 0 saturated heterocycles. The Balaban J connectivity index is 1.52. The van der Waals surface area contributed by atoms with Crippen LogP contribution in [0.25, 0.3) is 31.7 Å². The molecule has 3 aromatic heterocycles. The van der Waals surface area contributed by atoms with E-state index in [4.69, 9.17) is 9.97 Å². The quantitative estimate of drug-likeness (QED) is 0.222. The summed E-state index contributed by atoms with van der Waals surface area (Å²) in [5.74, 6) is 0.905. The molecule has 0 N–H and O–H groups in total. The Morgan fingerprint density at radius 2 is 1.58 bits per heavy atom. The lowest BCUT2D eigenvalue weighted by molar-refractivity contribution is 0.689. The minimum Gasteiger partial charge on any atom is -0.236 e. The van der Waals surface area contributed by atoms with Crippen molar-refractivity contribution in [3.63, 3.8) is 0 Å². The van der Waals surface area contributed by atoms with Crippen molar-refractivity contribution in [1.82, 2.24) is 15.0 Å². The zero-order chi connectivity index (χ0) is 20.6. The second kappa shape index (κ2) is 8.06. The number of rotatable bonds is 4. The molecule has 5 aromatic rings. The van der Waals surface area contributed by atoms with Crippen molar-refractivity contribution in [1.29, 1.82) is 0 Å². The molecule has 31 heavy (non-hydrogen) atoms. The van der Waals surface area contributed by atoms with Gasteiger partial charge in [-0.05, 0) is 42.4 Å².